The van der Waals surface area contributed by atoms with Crippen molar-refractivity contribution in [2.75, 3.05) is 17.7 Å². The monoisotopic (exact) mass is 436 g/mol. The van der Waals surface area contributed by atoms with Crippen molar-refractivity contribution in [3.8, 4) is 6.07 Å². The van der Waals surface area contributed by atoms with E-state index in [2.05, 4.69) is 0 Å². The first-order chi connectivity index (χ1) is 13.2. The number of sulfone groups is 1. The van der Waals surface area contributed by atoms with Gasteiger partial charge < -0.3 is 4.90 Å². The van der Waals surface area contributed by atoms with Gasteiger partial charge in [0, 0.05) is 18.5 Å². The van der Waals surface area contributed by atoms with Crippen LogP contribution in [0.15, 0.2) is 47.4 Å². The third-order valence-corrected chi connectivity index (χ3v) is 5.02. The smallest absolute Gasteiger partial charge is 0.358 e. The number of benzene rings is 2. The van der Waals surface area contributed by atoms with Gasteiger partial charge in [0.15, 0.2) is 9.84 Å². The van der Waals surface area contributed by atoms with Gasteiger partial charge in [-0.05, 0) is 35.9 Å². The SMILES string of the molecule is CS(=O)(=O)c1ccc(CN(CC(F)(F)F)c2ccc(C#N)c(C(F)(F)F)c2)cc1. The predicted molar refractivity (Wildman–Crippen MR) is 92.8 cm³/mol. The lowest BCUT2D eigenvalue weighted by molar-refractivity contribution is -0.137. The van der Waals surface area contributed by atoms with E-state index in [0.717, 1.165) is 18.4 Å². The maximum Gasteiger partial charge on any atom is 0.417 e. The van der Waals surface area contributed by atoms with E-state index in [1.165, 1.54) is 30.3 Å². The van der Waals surface area contributed by atoms with Gasteiger partial charge in [0.2, 0.25) is 0 Å². The molecular formula is C18H14F6N2O2S. The summed E-state index contributed by atoms with van der Waals surface area (Å²) in [6.45, 7) is -1.96. The molecule has 0 bridgehead atoms. The summed E-state index contributed by atoms with van der Waals surface area (Å²) in [6, 6.07) is 8.66. The molecule has 0 aliphatic heterocycles. The Morgan fingerprint density at radius 1 is 1.00 bits per heavy atom. The molecule has 0 heterocycles. The molecule has 0 fully saturated rings. The number of nitrogens with zero attached hydrogens (tertiary/aromatic N) is 2. The van der Waals surface area contributed by atoms with Crippen molar-refractivity contribution in [2.45, 2.75) is 23.8 Å². The van der Waals surface area contributed by atoms with Crippen LogP contribution < -0.4 is 4.90 Å². The summed E-state index contributed by atoms with van der Waals surface area (Å²) in [5, 5.41) is 8.83. The summed E-state index contributed by atoms with van der Waals surface area (Å²) in [4.78, 5) is 0.632. The lowest BCUT2D eigenvalue weighted by Gasteiger charge is -2.27. The predicted octanol–water partition coefficient (Wildman–Crippen LogP) is 4.55. The van der Waals surface area contributed by atoms with Gasteiger partial charge in [-0.15, -0.1) is 0 Å². The number of alkyl halides is 6. The average molecular weight is 436 g/mol. The second kappa shape index (κ2) is 7.94. The number of anilines is 1. The summed E-state index contributed by atoms with van der Waals surface area (Å²) in [7, 11) is -3.51. The third kappa shape index (κ3) is 6.12. The van der Waals surface area contributed by atoms with Gasteiger partial charge >= 0.3 is 12.4 Å². The highest BCUT2D eigenvalue weighted by Gasteiger charge is 2.36. The van der Waals surface area contributed by atoms with E-state index in [0.29, 0.717) is 11.0 Å². The van der Waals surface area contributed by atoms with E-state index in [1.54, 1.807) is 0 Å². The van der Waals surface area contributed by atoms with Crippen LogP contribution in [-0.2, 0) is 22.6 Å². The fraction of sp³-hybridized carbons (Fsp3) is 0.278. The lowest BCUT2D eigenvalue weighted by Crippen LogP contribution is -2.34. The normalized spacial score (nSPS) is 12.5. The number of hydrogen-bond acceptors (Lipinski definition) is 4. The van der Waals surface area contributed by atoms with Gasteiger partial charge in [0.05, 0.1) is 22.1 Å². The van der Waals surface area contributed by atoms with Gasteiger partial charge in [-0.25, -0.2) is 8.42 Å². The molecule has 156 valence electrons. The maximum absolute atomic E-state index is 13.2. The maximum atomic E-state index is 13.2. The topological polar surface area (TPSA) is 61.2 Å². The third-order valence-electron chi connectivity index (χ3n) is 3.89. The molecule has 0 atom stereocenters. The van der Waals surface area contributed by atoms with Gasteiger partial charge in [0.1, 0.15) is 6.54 Å². The van der Waals surface area contributed by atoms with E-state index in [4.69, 9.17) is 5.26 Å². The second-order valence-corrected chi connectivity index (χ2v) is 8.24. The highest BCUT2D eigenvalue weighted by atomic mass is 32.2. The zero-order valence-corrected chi connectivity index (χ0v) is 15.7. The number of rotatable bonds is 5. The van der Waals surface area contributed by atoms with Gasteiger partial charge in [-0.3, -0.25) is 0 Å². The Labute approximate surface area is 162 Å². The van der Waals surface area contributed by atoms with E-state index >= 15 is 0 Å². The molecule has 0 aliphatic rings. The van der Waals surface area contributed by atoms with Crippen molar-refractivity contribution in [3.63, 3.8) is 0 Å². The molecule has 0 aromatic heterocycles. The minimum atomic E-state index is -4.91. The average Bonchev–Trinajstić information content (AvgIpc) is 2.58. The van der Waals surface area contributed by atoms with Crippen LogP contribution >= 0.6 is 0 Å². The minimum absolute atomic E-state index is 0.0404. The first-order valence-corrected chi connectivity index (χ1v) is 9.82. The van der Waals surface area contributed by atoms with E-state index < -0.39 is 46.4 Å². The molecule has 2 aromatic carbocycles. The highest BCUT2D eigenvalue weighted by molar-refractivity contribution is 7.90. The first-order valence-electron chi connectivity index (χ1n) is 7.93. The zero-order valence-electron chi connectivity index (χ0n) is 14.8. The van der Waals surface area contributed by atoms with Crippen molar-refractivity contribution < 1.29 is 34.8 Å². The second-order valence-electron chi connectivity index (χ2n) is 6.23. The summed E-state index contributed by atoms with van der Waals surface area (Å²) in [6.07, 6.45) is -8.66. The van der Waals surface area contributed by atoms with Crippen molar-refractivity contribution in [1.29, 1.82) is 5.26 Å². The Bertz CT molecular complexity index is 1020. The molecule has 0 radical (unpaired) electrons. The van der Waals surface area contributed by atoms with E-state index in [9.17, 15) is 34.8 Å². The standard InChI is InChI=1S/C18H14F6N2O2S/c1-29(27,28)15-6-2-12(3-7-15)10-26(11-17(19,20)21)14-5-4-13(9-25)16(8-14)18(22,23)24/h2-8H,10-11H2,1H3. The van der Waals surface area contributed by atoms with Crippen molar-refractivity contribution in [3.05, 3.63) is 59.2 Å². The number of nitriles is 1. The Balaban J connectivity index is 2.45. The number of hydrogen-bond donors (Lipinski definition) is 0. The van der Waals surface area contributed by atoms with Crippen LogP contribution in [0.4, 0.5) is 32.0 Å². The van der Waals surface area contributed by atoms with Crippen molar-refractivity contribution in [1.82, 2.24) is 0 Å². The molecule has 0 unspecified atom stereocenters. The largest absolute Gasteiger partial charge is 0.417 e. The molecule has 11 heteroatoms. The molecule has 0 saturated heterocycles. The quantitative estimate of drug-likeness (QED) is 0.646. The van der Waals surface area contributed by atoms with Crippen LogP contribution in [0.2, 0.25) is 0 Å². The summed E-state index contributed by atoms with van der Waals surface area (Å²) in [5.41, 5.74) is -2.15. The Kier molecular flexibility index (Phi) is 6.18. The zero-order chi connectivity index (χ0) is 22.0. The fourth-order valence-electron chi connectivity index (χ4n) is 2.58. The van der Waals surface area contributed by atoms with Crippen LogP contribution in [0.5, 0.6) is 0 Å². The Hall–Kier alpha value is -2.74. The molecule has 0 amide bonds. The highest BCUT2D eigenvalue weighted by Crippen LogP contribution is 2.35. The molecule has 0 spiro atoms. The van der Waals surface area contributed by atoms with Crippen LogP contribution in [0, 0.1) is 11.3 Å². The molecule has 29 heavy (non-hydrogen) atoms. The molecule has 0 aliphatic carbocycles. The molecule has 2 aromatic rings. The summed E-state index contributed by atoms with van der Waals surface area (Å²) in [5.74, 6) is 0. The molecule has 0 saturated carbocycles. The molecule has 4 nitrogen and oxygen atoms in total. The number of halogens is 6. The molecule has 0 N–H and O–H groups in total. The van der Waals surface area contributed by atoms with Crippen molar-refractivity contribution >= 4 is 15.5 Å². The first kappa shape index (κ1) is 22.5. The molecular weight excluding hydrogens is 422 g/mol. The van der Waals surface area contributed by atoms with Gasteiger partial charge in [-0.2, -0.15) is 31.6 Å². The Morgan fingerprint density at radius 2 is 1.59 bits per heavy atom. The van der Waals surface area contributed by atoms with Gasteiger partial charge in [0.25, 0.3) is 0 Å². The van der Waals surface area contributed by atoms with E-state index in [1.807, 2.05) is 0 Å². The van der Waals surface area contributed by atoms with Crippen LogP contribution in [0.1, 0.15) is 16.7 Å². The Morgan fingerprint density at radius 3 is 2.03 bits per heavy atom. The van der Waals surface area contributed by atoms with Gasteiger partial charge in [-0.1, -0.05) is 12.1 Å². The van der Waals surface area contributed by atoms with E-state index in [-0.39, 0.29) is 16.1 Å². The van der Waals surface area contributed by atoms with Crippen LogP contribution in [0.25, 0.3) is 0 Å². The lowest BCUT2D eigenvalue weighted by atomic mass is 10.1. The molecule has 2 rings (SSSR count). The van der Waals surface area contributed by atoms with Crippen molar-refractivity contribution in [2.24, 2.45) is 0 Å². The van der Waals surface area contributed by atoms with Crippen LogP contribution in [-0.4, -0.2) is 27.4 Å². The minimum Gasteiger partial charge on any atom is -0.358 e. The summed E-state index contributed by atoms with van der Waals surface area (Å²) >= 11 is 0. The fourth-order valence-corrected chi connectivity index (χ4v) is 3.21. The summed E-state index contributed by atoms with van der Waals surface area (Å²) < 4.78 is 101. The van der Waals surface area contributed by atoms with Crippen LogP contribution in [0.3, 0.4) is 0 Å².